The molecule has 0 unspecified atom stereocenters. The highest BCUT2D eigenvalue weighted by atomic mass is 16.1. The zero-order chi connectivity index (χ0) is 15.2. The number of hydrogen-bond acceptors (Lipinski definition) is 3. The average molecular weight is 280 g/mol. The topological polar surface area (TPSA) is 42.3 Å². The fraction of sp³-hybridized carbons (Fsp3) is 0.278. The van der Waals surface area contributed by atoms with Gasteiger partial charge >= 0.3 is 0 Å². The third-order valence-electron chi connectivity index (χ3n) is 3.23. The molecule has 0 bridgehead atoms. The molecule has 0 fully saturated rings. The molecular weight excluding hydrogens is 260 g/mol. The van der Waals surface area contributed by atoms with Gasteiger partial charge in [-0.15, -0.1) is 0 Å². The van der Waals surface area contributed by atoms with Crippen LogP contribution in [0.1, 0.15) is 48.9 Å². The van der Waals surface area contributed by atoms with Crippen molar-refractivity contribution in [2.45, 2.75) is 33.6 Å². The van der Waals surface area contributed by atoms with E-state index < -0.39 is 0 Å². The molecule has 0 atom stereocenters. The Morgan fingerprint density at radius 3 is 2.52 bits per heavy atom. The van der Waals surface area contributed by atoms with Crippen molar-refractivity contribution in [3.63, 3.8) is 0 Å². The summed E-state index contributed by atoms with van der Waals surface area (Å²) in [5.74, 6) is -0.0328. The lowest BCUT2D eigenvalue weighted by Crippen LogP contribution is -2.04. The fourth-order valence-electron chi connectivity index (χ4n) is 2.15. The van der Waals surface area contributed by atoms with Crippen LogP contribution in [0, 0.1) is 0 Å². The van der Waals surface area contributed by atoms with Crippen molar-refractivity contribution in [2.75, 3.05) is 0 Å². The van der Waals surface area contributed by atoms with E-state index in [0.29, 0.717) is 5.69 Å². The largest absolute Gasteiger partial charge is 0.293 e. The molecule has 0 saturated carbocycles. The smallest absolute Gasteiger partial charge is 0.178 e. The lowest BCUT2D eigenvalue weighted by Gasteiger charge is -2.04. The number of carbonyl (C=O) groups excluding carboxylic acids is 1. The van der Waals surface area contributed by atoms with Crippen LogP contribution in [0.2, 0.25) is 0 Å². The molecular formula is C18H20N2O. The van der Waals surface area contributed by atoms with Crippen LogP contribution in [0.15, 0.2) is 47.5 Å². The number of benzene rings is 1. The van der Waals surface area contributed by atoms with E-state index in [1.54, 1.807) is 6.07 Å². The molecule has 108 valence electrons. The minimum atomic E-state index is -0.0328. The standard InChI is InChI=1S/C18H20N2O/c1-4-7-15-8-5-9-16(12-15)19-13(2)17-10-6-11-18(20-17)14(3)21/h5-6,8-12H,4,7H2,1-3H3/b19-13+. The van der Waals surface area contributed by atoms with Gasteiger partial charge in [0.1, 0.15) is 5.69 Å². The number of Topliss-reactive ketones (excluding diaryl/α,β-unsaturated/α-hetero) is 1. The summed E-state index contributed by atoms with van der Waals surface area (Å²) in [5, 5.41) is 0. The van der Waals surface area contributed by atoms with E-state index in [1.165, 1.54) is 12.5 Å². The van der Waals surface area contributed by atoms with Crippen LogP contribution in [0.3, 0.4) is 0 Å². The highest BCUT2D eigenvalue weighted by molar-refractivity contribution is 6.00. The number of nitrogens with zero attached hydrogens (tertiary/aromatic N) is 2. The zero-order valence-corrected chi connectivity index (χ0v) is 12.8. The number of rotatable bonds is 5. The van der Waals surface area contributed by atoms with Gasteiger partial charge in [-0.2, -0.15) is 0 Å². The van der Waals surface area contributed by atoms with E-state index >= 15 is 0 Å². The molecule has 1 heterocycles. The molecule has 0 aliphatic carbocycles. The summed E-state index contributed by atoms with van der Waals surface area (Å²) in [7, 11) is 0. The number of aryl methyl sites for hydroxylation is 1. The van der Waals surface area contributed by atoms with Gasteiger partial charge in [-0.25, -0.2) is 4.98 Å². The number of carbonyl (C=O) groups is 1. The van der Waals surface area contributed by atoms with E-state index in [1.807, 2.05) is 31.2 Å². The Morgan fingerprint density at radius 1 is 1.10 bits per heavy atom. The summed E-state index contributed by atoms with van der Waals surface area (Å²) in [5.41, 5.74) is 4.24. The van der Waals surface area contributed by atoms with Crippen molar-refractivity contribution in [3.05, 3.63) is 59.4 Å². The molecule has 21 heavy (non-hydrogen) atoms. The molecule has 0 saturated heterocycles. The molecule has 2 rings (SSSR count). The van der Waals surface area contributed by atoms with Crippen molar-refractivity contribution >= 4 is 17.2 Å². The quantitative estimate of drug-likeness (QED) is 0.602. The number of aromatic nitrogens is 1. The lowest BCUT2D eigenvalue weighted by molar-refractivity contribution is 0.101. The first-order valence-corrected chi connectivity index (χ1v) is 7.22. The average Bonchev–Trinajstić information content (AvgIpc) is 2.48. The minimum Gasteiger partial charge on any atom is -0.293 e. The fourth-order valence-corrected chi connectivity index (χ4v) is 2.15. The first-order chi connectivity index (χ1) is 10.1. The summed E-state index contributed by atoms with van der Waals surface area (Å²) in [6, 6.07) is 13.7. The van der Waals surface area contributed by atoms with Crippen LogP contribution >= 0.6 is 0 Å². The van der Waals surface area contributed by atoms with Gasteiger partial charge in [0, 0.05) is 6.92 Å². The summed E-state index contributed by atoms with van der Waals surface area (Å²) in [6.45, 7) is 5.60. The summed E-state index contributed by atoms with van der Waals surface area (Å²) in [4.78, 5) is 20.4. The van der Waals surface area contributed by atoms with Gasteiger partial charge in [0.25, 0.3) is 0 Å². The van der Waals surface area contributed by atoms with Crippen LogP contribution in [-0.4, -0.2) is 16.5 Å². The Labute approximate surface area is 125 Å². The molecule has 0 aliphatic rings. The monoisotopic (exact) mass is 280 g/mol. The molecule has 0 radical (unpaired) electrons. The van der Waals surface area contributed by atoms with Crippen LogP contribution in [0.25, 0.3) is 0 Å². The van der Waals surface area contributed by atoms with Gasteiger partial charge in [0.05, 0.1) is 17.1 Å². The van der Waals surface area contributed by atoms with Gasteiger partial charge in [-0.3, -0.25) is 9.79 Å². The SMILES string of the molecule is CCCc1cccc(/N=C(\C)c2cccc(C(C)=O)n2)c1. The van der Waals surface area contributed by atoms with Gasteiger partial charge in [-0.05, 0) is 43.2 Å². The molecule has 0 spiro atoms. The van der Waals surface area contributed by atoms with Gasteiger partial charge in [0.2, 0.25) is 0 Å². The molecule has 3 heteroatoms. The third kappa shape index (κ3) is 4.09. The van der Waals surface area contributed by atoms with E-state index in [4.69, 9.17) is 0 Å². The molecule has 0 aliphatic heterocycles. The Morgan fingerprint density at radius 2 is 1.81 bits per heavy atom. The number of aliphatic imine (C=N–C) groups is 1. The maximum Gasteiger partial charge on any atom is 0.178 e. The highest BCUT2D eigenvalue weighted by Crippen LogP contribution is 2.17. The van der Waals surface area contributed by atoms with E-state index in [0.717, 1.165) is 29.9 Å². The summed E-state index contributed by atoms with van der Waals surface area (Å²) < 4.78 is 0. The Balaban J connectivity index is 2.30. The second-order valence-electron chi connectivity index (χ2n) is 5.08. The van der Waals surface area contributed by atoms with Gasteiger partial charge in [-0.1, -0.05) is 31.5 Å². The Hall–Kier alpha value is -2.29. The number of ketones is 1. The van der Waals surface area contributed by atoms with E-state index in [2.05, 4.69) is 29.0 Å². The predicted octanol–water partition coefficient (Wildman–Crippen LogP) is 4.38. The number of hydrogen-bond donors (Lipinski definition) is 0. The minimum absolute atomic E-state index is 0.0328. The lowest BCUT2D eigenvalue weighted by atomic mass is 10.1. The second-order valence-corrected chi connectivity index (χ2v) is 5.08. The van der Waals surface area contributed by atoms with Crippen LogP contribution in [-0.2, 0) is 6.42 Å². The second kappa shape index (κ2) is 6.93. The molecule has 0 N–H and O–H groups in total. The maximum absolute atomic E-state index is 11.4. The Kier molecular flexibility index (Phi) is 4.99. The zero-order valence-electron chi connectivity index (χ0n) is 12.8. The molecule has 3 nitrogen and oxygen atoms in total. The van der Waals surface area contributed by atoms with Crippen molar-refractivity contribution in [1.29, 1.82) is 0 Å². The van der Waals surface area contributed by atoms with E-state index in [-0.39, 0.29) is 5.78 Å². The summed E-state index contributed by atoms with van der Waals surface area (Å²) in [6.07, 6.45) is 2.18. The molecule has 1 aromatic heterocycles. The summed E-state index contributed by atoms with van der Waals surface area (Å²) >= 11 is 0. The van der Waals surface area contributed by atoms with Crippen LogP contribution < -0.4 is 0 Å². The first kappa shape index (κ1) is 15.1. The van der Waals surface area contributed by atoms with Gasteiger partial charge in [0.15, 0.2) is 5.78 Å². The van der Waals surface area contributed by atoms with Crippen molar-refractivity contribution in [1.82, 2.24) is 4.98 Å². The first-order valence-electron chi connectivity index (χ1n) is 7.22. The normalized spacial score (nSPS) is 11.5. The maximum atomic E-state index is 11.4. The predicted molar refractivity (Wildman–Crippen MR) is 86.5 cm³/mol. The number of pyridine rings is 1. The van der Waals surface area contributed by atoms with Gasteiger partial charge < -0.3 is 0 Å². The molecule has 0 amide bonds. The highest BCUT2D eigenvalue weighted by Gasteiger charge is 2.05. The molecule has 2 aromatic rings. The van der Waals surface area contributed by atoms with E-state index in [9.17, 15) is 4.79 Å². The van der Waals surface area contributed by atoms with Crippen molar-refractivity contribution in [3.8, 4) is 0 Å². The van der Waals surface area contributed by atoms with Crippen LogP contribution in [0.5, 0.6) is 0 Å². The van der Waals surface area contributed by atoms with Crippen molar-refractivity contribution < 1.29 is 4.79 Å². The Bertz CT molecular complexity index is 674. The van der Waals surface area contributed by atoms with Crippen molar-refractivity contribution in [2.24, 2.45) is 4.99 Å². The molecule has 1 aromatic carbocycles. The third-order valence-corrected chi connectivity index (χ3v) is 3.23. The van der Waals surface area contributed by atoms with Crippen LogP contribution in [0.4, 0.5) is 5.69 Å².